The van der Waals surface area contributed by atoms with Crippen LogP contribution in [0, 0.1) is 5.41 Å². The van der Waals surface area contributed by atoms with Crippen LogP contribution in [0.5, 0.6) is 0 Å². The highest BCUT2D eigenvalue weighted by Gasteiger charge is 2.57. The van der Waals surface area contributed by atoms with Gasteiger partial charge in [-0.2, -0.15) is 4.58 Å². The van der Waals surface area contributed by atoms with E-state index < -0.39 is 0 Å². The number of hydrogen-bond donors (Lipinski definition) is 0. The van der Waals surface area contributed by atoms with Crippen LogP contribution in [0.15, 0.2) is 30.3 Å². The molecule has 1 aliphatic carbocycles. The van der Waals surface area contributed by atoms with Crippen molar-refractivity contribution in [3.8, 4) is 0 Å². The highest BCUT2D eigenvalue weighted by molar-refractivity contribution is 5.66. The van der Waals surface area contributed by atoms with Gasteiger partial charge in [0, 0.05) is 31.9 Å². The van der Waals surface area contributed by atoms with Crippen molar-refractivity contribution in [2.24, 2.45) is 5.41 Å². The zero-order valence-corrected chi connectivity index (χ0v) is 9.53. The lowest BCUT2D eigenvalue weighted by Crippen LogP contribution is -2.31. The molecule has 0 N–H and O–H groups in total. The summed E-state index contributed by atoms with van der Waals surface area (Å²) in [4.78, 5) is 0. The lowest BCUT2D eigenvalue weighted by molar-refractivity contribution is -0.518. The second-order valence-corrected chi connectivity index (χ2v) is 5.66. The third kappa shape index (κ3) is 1.26. The second-order valence-electron chi connectivity index (χ2n) is 5.66. The van der Waals surface area contributed by atoms with Crippen LogP contribution in [0.4, 0.5) is 5.69 Å². The Labute approximate surface area is 91.4 Å². The third-order valence-electron chi connectivity index (χ3n) is 4.08. The van der Waals surface area contributed by atoms with Crippen LogP contribution < -0.4 is 0 Å². The maximum Gasteiger partial charge on any atom is 0.205 e. The van der Waals surface area contributed by atoms with Crippen molar-refractivity contribution in [3.05, 3.63) is 30.3 Å². The molecular formula is C14H18N+. The molecule has 0 aromatic heterocycles. The molecule has 0 spiro atoms. The summed E-state index contributed by atoms with van der Waals surface area (Å²) >= 11 is 0. The van der Waals surface area contributed by atoms with E-state index in [-0.39, 0.29) is 0 Å². The molecule has 15 heavy (non-hydrogen) atoms. The summed E-state index contributed by atoms with van der Waals surface area (Å²) in [6, 6.07) is 10.8. The van der Waals surface area contributed by atoms with Crippen LogP contribution in [0.25, 0.3) is 0 Å². The first-order valence-electron chi connectivity index (χ1n) is 5.82. The van der Waals surface area contributed by atoms with Gasteiger partial charge in [-0.15, -0.1) is 0 Å². The summed E-state index contributed by atoms with van der Waals surface area (Å²) in [6.45, 7) is 4.79. The SMILES string of the molecule is CC12C=[N+](c3ccccc3)C(C)(CC1)C2. The van der Waals surface area contributed by atoms with Crippen molar-refractivity contribution in [1.82, 2.24) is 0 Å². The zero-order valence-electron chi connectivity index (χ0n) is 9.53. The van der Waals surface area contributed by atoms with Crippen molar-refractivity contribution in [2.75, 3.05) is 0 Å². The van der Waals surface area contributed by atoms with E-state index in [1.807, 2.05) is 0 Å². The highest BCUT2D eigenvalue weighted by atomic mass is 15.1. The van der Waals surface area contributed by atoms with Gasteiger partial charge in [0.15, 0.2) is 11.8 Å². The van der Waals surface area contributed by atoms with Gasteiger partial charge in [-0.25, -0.2) is 0 Å². The Morgan fingerprint density at radius 2 is 1.80 bits per heavy atom. The van der Waals surface area contributed by atoms with Crippen LogP contribution in [-0.4, -0.2) is 16.3 Å². The Balaban J connectivity index is 2.09. The maximum atomic E-state index is 2.50. The molecule has 1 nitrogen and oxygen atoms in total. The Morgan fingerprint density at radius 1 is 1.07 bits per heavy atom. The normalized spacial score (nSPS) is 38.1. The molecule has 2 bridgehead atoms. The molecule has 0 radical (unpaired) electrons. The van der Waals surface area contributed by atoms with Crippen molar-refractivity contribution in [2.45, 2.75) is 38.6 Å². The first-order valence-corrected chi connectivity index (χ1v) is 5.82. The largest absolute Gasteiger partial charge is 0.205 e. The number of hydrogen-bond acceptors (Lipinski definition) is 0. The standard InChI is InChI=1S/C14H18N/c1-13-8-9-14(2,10-13)15(11-13)12-6-4-3-5-7-12/h3-7,11H,8-10H2,1-2H3/q+1. The molecule has 2 aliphatic rings. The molecule has 0 amide bonds. The number of para-hydroxylation sites is 1. The molecule has 3 rings (SSSR count). The van der Waals surface area contributed by atoms with E-state index in [9.17, 15) is 0 Å². The quantitative estimate of drug-likeness (QED) is 0.611. The number of rotatable bonds is 1. The fourth-order valence-corrected chi connectivity index (χ4v) is 3.36. The summed E-state index contributed by atoms with van der Waals surface area (Å²) in [5.41, 5.74) is 2.17. The van der Waals surface area contributed by atoms with Gasteiger partial charge in [-0.05, 0) is 6.42 Å². The fraction of sp³-hybridized carbons (Fsp3) is 0.500. The van der Waals surface area contributed by atoms with E-state index in [4.69, 9.17) is 0 Å². The van der Waals surface area contributed by atoms with E-state index in [1.54, 1.807) is 0 Å². The molecule has 1 saturated carbocycles. The average molecular weight is 200 g/mol. The second kappa shape index (κ2) is 2.72. The minimum absolute atomic E-state index is 0.371. The van der Waals surface area contributed by atoms with Gasteiger partial charge in [0.2, 0.25) is 5.69 Å². The van der Waals surface area contributed by atoms with Crippen LogP contribution in [0.1, 0.15) is 33.1 Å². The van der Waals surface area contributed by atoms with E-state index >= 15 is 0 Å². The topological polar surface area (TPSA) is 3.01 Å². The Kier molecular flexibility index (Phi) is 1.66. The van der Waals surface area contributed by atoms with Crippen LogP contribution in [0.3, 0.4) is 0 Å². The molecule has 1 heterocycles. The Hall–Kier alpha value is -1.11. The Morgan fingerprint density at radius 3 is 2.33 bits per heavy atom. The van der Waals surface area contributed by atoms with Crippen molar-refractivity contribution in [1.29, 1.82) is 0 Å². The van der Waals surface area contributed by atoms with Gasteiger partial charge in [0.25, 0.3) is 0 Å². The summed E-state index contributed by atoms with van der Waals surface area (Å²) in [6.07, 6.45) is 6.45. The summed E-state index contributed by atoms with van der Waals surface area (Å²) < 4.78 is 2.50. The first-order chi connectivity index (χ1) is 7.11. The van der Waals surface area contributed by atoms with Crippen molar-refractivity contribution in [3.63, 3.8) is 0 Å². The first kappa shape index (κ1) is 9.14. The smallest absolute Gasteiger partial charge is 0.197 e. The predicted octanol–water partition coefficient (Wildman–Crippen LogP) is 3.36. The minimum atomic E-state index is 0.371. The van der Waals surface area contributed by atoms with Gasteiger partial charge in [-0.1, -0.05) is 25.1 Å². The van der Waals surface area contributed by atoms with E-state index in [2.05, 4.69) is 55.0 Å². The molecule has 1 fully saturated rings. The molecule has 78 valence electrons. The summed E-state index contributed by atoms with van der Waals surface area (Å²) in [5, 5.41) is 0. The number of benzene rings is 1. The zero-order chi connectivity index (χ0) is 10.5. The molecular weight excluding hydrogens is 182 g/mol. The summed E-state index contributed by atoms with van der Waals surface area (Å²) in [5.74, 6) is 0. The van der Waals surface area contributed by atoms with Crippen molar-refractivity contribution >= 4 is 11.9 Å². The van der Waals surface area contributed by atoms with Gasteiger partial charge >= 0.3 is 0 Å². The van der Waals surface area contributed by atoms with Gasteiger partial charge in [-0.3, -0.25) is 0 Å². The molecule has 2 unspecified atom stereocenters. The molecule has 0 saturated heterocycles. The lowest BCUT2D eigenvalue weighted by Gasteiger charge is -2.19. The number of fused-ring (bicyclic) bond motifs is 2. The minimum Gasteiger partial charge on any atom is -0.197 e. The fourth-order valence-electron chi connectivity index (χ4n) is 3.36. The molecule has 1 heteroatoms. The molecule has 1 aromatic carbocycles. The van der Waals surface area contributed by atoms with Crippen molar-refractivity contribution < 1.29 is 4.58 Å². The average Bonchev–Trinajstić information content (AvgIpc) is 2.68. The van der Waals surface area contributed by atoms with E-state index in [0.717, 1.165) is 0 Å². The van der Waals surface area contributed by atoms with Gasteiger partial charge < -0.3 is 0 Å². The summed E-state index contributed by atoms with van der Waals surface area (Å²) in [7, 11) is 0. The highest BCUT2D eigenvalue weighted by Crippen LogP contribution is 2.51. The molecule has 1 aromatic rings. The van der Waals surface area contributed by atoms with Gasteiger partial charge in [0.1, 0.15) is 0 Å². The molecule has 1 aliphatic heterocycles. The van der Waals surface area contributed by atoms with Crippen LogP contribution in [0.2, 0.25) is 0 Å². The lowest BCUT2D eigenvalue weighted by atomic mass is 9.91. The van der Waals surface area contributed by atoms with Crippen LogP contribution in [-0.2, 0) is 0 Å². The number of nitrogens with zero attached hydrogens (tertiary/aromatic N) is 1. The van der Waals surface area contributed by atoms with Crippen LogP contribution >= 0.6 is 0 Å². The van der Waals surface area contributed by atoms with Gasteiger partial charge in [0.05, 0.1) is 5.41 Å². The van der Waals surface area contributed by atoms with E-state index in [1.165, 1.54) is 24.9 Å². The predicted molar refractivity (Wildman–Crippen MR) is 62.8 cm³/mol. The molecule has 2 atom stereocenters. The van der Waals surface area contributed by atoms with E-state index in [0.29, 0.717) is 11.0 Å². The monoisotopic (exact) mass is 200 g/mol. The maximum absolute atomic E-state index is 2.50. The Bertz CT molecular complexity index is 420. The third-order valence-corrected chi connectivity index (χ3v) is 4.08.